The molecular formula is C18H18F5NO3. The van der Waals surface area contributed by atoms with Crippen molar-refractivity contribution in [1.82, 2.24) is 0 Å². The Morgan fingerprint density at radius 1 is 0.889 bits per heavy atom. The lowest BCUT2D eigenvalue weighted by Gasteiger charge is -2.28. The average molecular weight is 391 g/mol. The Morgan fingerprint density at radius 2 is 1.44 bits per heavy atom. The lowest BCUT2D eigenvalue weighted by molar-refractivity contribution is -0.291. The molecule has 27 heavy (non-hydrogen) atoms. The molecule has 1 atom stereocenters. The lowest BCUT2D eigenvalue weighted by Crippen LogP contribution is -2.46. The summed E-state index contributed by atoms with van der Waals surface area (Å²) in [6, 6.07) is 8.10. The van der Waals surface area contributed by atoms with E-state index < -0.39 is 23.7 Å². The molecular weight excluding hydrogens is 373 g/mol. The quantitative estimate of drug-likeness (QED) is 0.707. The lowest BCUT2D eigenvalue weighted by atomic mass is 9.99. The zero-order chi connectivity index (χ0) is 20.2. The van der Waals surface area contributed by atoms with Gasteiger partial charge in [0.25, 0.3) is 0 Å². The van der Waals surface area contributed by atoms with Crippen LogP contribution >= 0.6 is 0 Å². The fourth-order valence-corrected chi connectivity index (χ4v) is 2.35. The van der Waals surface area contributed by atoms with E-state index >= 15 is 0 Å². The highest BCUT2D eigenvalue weighted by Crippen LogP contribution is 2.47. The molecule has 0 unspecified atom stereocenters. The van der Waals surface area contributed by atoms with Gasteiger partial charge in [0.2, 0.25) is 0 Å². The number of rotatable bonds is 7. The van der Waals surface area contributed by atoms with Crippen LogP contribution in [0.2, 0.25) is 0 Å². The Hall–Kier alpha value is -2.55. The minimum atomic E-state index is -5.82. The van der Waals surface area contributed by atoms with E-state index in [0.29, 0.717) is 5.56 Å². The van der Waals surface area contributed by atoms with Crippen LogP contribution in [0.5, 0.6) is 17.2 Å². The van der Waals surface area contributed by atoms with Gasteiger partial charge in [-0.2, -0.15) is 22.0 Å². The Morgan fingerprint density at radius 3 is 1.96 bits per heavy atom. The smallest absolute Gasteiger partial charge is 0.455 e. The Balaban J connectivity index is 2.46. The SMILES string of the molecule is COc1cc(OCc2ccccc2)c([C@@H](N)C(F)(F)C(F)(F)F)cc1OC. The Kier molecular flexibility index (Phi) is 6.15. The number of alkyl halides is 5. The Labute approximate surface area is 152 Å². The molecule has 148 valence electrons. The Bertz CT molecular complexity index is 766. The summed E-state index contributed by atoms with van der Waals surface area (Å²) >= 11 is 0. The molecule has 0 radical (unpaired) electrons. The van der Waals surface area contributed by atoms with Gasteiger partial charge in [0.05, 0.1) is 14.2 Å². The second kappa shape index (κ2) is 7.99. The van der Waals surface area contributed by atoms with Crippen LogP contribution < -0.4 is 19.9 Å². The first-order valence-corrected chi connectivity index (χ1v) is 7.74. The summed E-state index contributed by atoms with van der Waals surface area (Å²) in [6.45, 7) is -0.0619. The van der Waals surface area contributed by atoms with Gasteiger partial charge >= 0.3 is 12.1 Å². The molecule has 0 fully saturated rings. The van der Waals surface area contributed by atoms with Gasteiger partial charge < -0.3 is 19.9 Å². The first-order chi connectivity index (χ1) is 12.6. The molecule has 0 saturated carbocycles. The van der Waals surface area contributed by atoms with Crippen LogP contribution in [0.25, 0.3) is 0 Å². The minimum Gasteiger partial charge on any atom is -0.493 e. The highest BCUT2D eigenvalue weighted by atomic mass is 19.4. The fraction of sp³-hybridized carbons (Fsp3) is 0.333. The van der Waals surface area contributed by atoms with Crippen LogP contribution in [0.3, 0.4) is 0 Å². The summed E-state index contributed by atoms with van der Waals surface area (Å²) in [4.78, 5) is 0. The molecule has 2 N–H and O–H groups in total. The molecule has 0 aliphatic carbocycles. The van der Waals surface area contributed by atoms with Gasteiger partial charge in [-0.05, 0) is 11.6 Å². The largest absolute Gasteiger partial charge is 0.493 e. The number of methoxy groups -OCH3 is 2. The monoisotopic (exact) mass is 391 g/mol. The summed E-state index contributed by atoms with van der Waals surface area (Å²) < 4.78 is 81.4. The van der Waals surface area contributed by atoms with Gasteiger partial charge in [-0.25, -0.2) is 0 Å². The predicted octanol–water partition coefficient (Wildman–Crippen LogP) is 4.48. The summed E-state index contributed by atoms with van der Waals surface area (Å²) in [5, 5.41) is 0. The first kappa shape index (κ1) is 20.8. The number of hydrogen-bond acceptors (Lipinski definition) is 4. The van der Waals surface area contributed by atoms with E-state index in [9.17, 15) is 22.0 Å². The second-order valence-corrected chi connectivity index (χ2v) is 5.62. The predicted molar refractivity (Wildman–Crippen MR) is 88.3 cm³/mol. The topological polar surface area (TPSA) is 53.7 Å². The minimum absolute atomic E-state index is 0.0482. The van der Waals surface area contributed by atoms with Crippen molar-refractivity contribution in [1.29, 1.82) is 0 Å². The van der Waals surface area contributed by atoms with Gasteiger partial charge in [-0.1, -0.05) is 30.3 Å². The highest BCUT2D eigenvalue weighted by Gasteiger charge is 2.62. The van der Waals surface area contributed by atoms with Crippen LogP contribution in [-0.2, 0) is 6.61 Å². The fourth-order valence-electron chi connectivity index (χ4n) is 2.35. The summed E-state index contributed by atoms with van der Waals surface area (Å²) in [5.41, 5.74) is 5.44. The van der Waals surface area contributed by atoms with Crippen molar-refractivity contribution in [2.24, 2.45) is 5.73 Å². The molecule has 2 rings (SSSR count). The normalized spacial score (nSPS) is 13.2. The van der Waals surface area contributed by atoms with E-state index in [4.69, 9.17) is 19.9 Å². The number of benzene rings is 2. The molecule has 0 aliphatic heterocycles. The number of ether oxygens (including phenoxy) is 3. The number of hydrogen-bond donors (Lipinski definition) is 1. The summed E-state index contributed by atoms with van der Waals surface area (Å²) in [7, 11) is 2.52. The van der Waals surface area contributed by atoms with Gasteiger partial charge in [0.1, 0.15) is 18.4 Å². The van der Waals surface area contributed by atoms with Crippen molar-refractivity contribution in [3.05, 3.63) is 53.6 Å². The third kappa shape index (κ3) is 4.41. The second-order valence-electron chi connectivity index (χ2n) is 5.62. The molecule has 0 heterocycles. The molecule has 0 aromatic heterocycles. The van der Waals surface area contributed by atoms with E-state index in [2.05, 4.69) is 0 Å². The average Bonchev–Trinajstić information content (AvgIpc) is 2.64. The van der Waals surface area contributed by atoms with Crippen molar-refractivity contribution >= 4 is 0 Å². The first-order valence-electron chi connectivity index (χ1n) is 7.74. The van der Waals surface area contributed by atoms with Crippen molar-refractivity contribution in [2.75, 3.05) is 14.2 Å². The van der Waals surface area contributed by atoms with Crippen LogP contribution in [0, 0.1) is 0 Å². The maximum Gasteiger partial charge on any atom is 0.455 e. The summed E-state index contributed by atoms with van der Waals surface area (Å²) in [6.07, 6.45) is -5.82. The van der Waals surface area contributed by atoms with Crippen molar-refractivity contribution in [2.45, 2.75) is 24.7 Å². The molecule has 4 nitrogen and oxygen atoms in total. The maximum atomic E-state index is 13.8. The van der Waals surface area contributed by atoms with E-state index in [0.717, 1.165) is 6.07 Å². The van der Waals surface area contributed by atoms with Crippen molar-refractivity contribution in [3.8, 4) is 17.2 Å². The molecule has 2 aromatic rings. The third-order valence-electron chi connectivity index (χ3n) is 3.86. The molecule has 2 aromatic carbocycles. The van der Waals surface area contributed by atoms with Crippen LogP contribution in [0.4, 0.5) is 22.0 Å². The molecule has 0 bridgehead atoms. The van der Waals surface area contributed by atoms with Gasteiger partial charge in [0, 0.05) is 11.6 Å². The number of nitrogens with two attached hydrogens (primary N) is 1. The maximum absolute atomic E-state index is 13.8. The van der Waals surface area contributed by atoms with Crippen molar-refractivity contribution < 1.29 is 36.2 Å². The van der Waals surface area contributed by atoms with E-state index in [1.807, 2.05) is 0 Å². The van der Waals surface area contributed by atoms with E-state index in [1.54, 1.807) is 30.3 Å². The molecule has 0 amide bonds. The van der Waals surface area contributed by atoms with Crippen LogP contribution in [-0.4, -0.2) is 26.3 Å². The number of halogens is 5. The molecule has 0 saturated heterocycles. The van der Waals surface area contributed by atoms with E-state index in [1.165, 1.54) is 20.3 Å². The van der Waals surface area contributed by atoms with Crippen LogP contribution in [0.15, 0.2) is 42.5 Å². The van der Waals surface area contributed by atoms with Gasteiger partial charge in [0.15, 0.2) is 11.5 Å². The van der Waals surface area contributed by atoms with Gasteiger partial charge in [-0.15, -0.1) is 0 Å². The summed E-state index contributed by atoms with van der Waals surface area (Å²) in [5.74, 6) is -5.37. The van der Waals surface area contributed by atoms with Crippen molar-refractivity contribution in [3.63, 3.8) is 0 Å². The molecule has 9 heteroatoms. The zero-order valence-corrected chi connectivity index (χ0v) is 14.5. The van der Waals surface area contributed by atoms with Gasteiger partial charge in [-0.3, -0.25) is 0 Å². The highest BCUT2D eigenvalue weighted by molar-refractivity contribution is 5.52. The van der Waals surface area contributed by atoms with Crippen LogP contribution in [0.1, 0.15) is 17.2 Å². The standard InChI is InChI=1S/C18H18F5NO3/c1-25-14-8-12(16(24)17(19,20)18(21,22)23)13(9-15(14)26-2)27-10-11-6-4-3-5-7-11/h3-9,16H,10,24H2,1-2H3/t16-/m1/s1. The van der Waals surface area contributed by atoms with E-state index in [-0.39, 0.29) is 23.9 Å². The molecule has 0 spiro atoms. The molecule has 0 aliphatic rings. The third-order valence-corrected chi connectivity index (χ3v) is 3.86. The zero-order valence-electron chi connectivity index (χ0n) is 14.5.